The van der Waals surface area contributed by atoms with Crippen LogP contribution in [-0.4, -0.2) is 54.5 Å². The third-order valence-electron chi connectivity index (χ3n) is 4.41. The molecule has 0 aliphatic carbocycles. The number of rotatable bonds is 9. The fraction of sp³-hybridized carbons (Fsp3) is 1.00. The molecule has 0 amide bonds. The van der Waals surface area contributed by atoms with Gasteiger partial charge in [-0.3, -0.25) is 0 Å². The van der Waals surface area contributed by atoms with Crippen molar-refractivity contribution in [1.29, 1.82) is 0 Å². The predicted molar refractivity (Wildman–Crippen MR) is 136 cm³/mol. The van der Waals surface area contributed by atoms with Crippen LogP contribution in [0.25, 0.3) is 0 Å². The van der Waals surface area contributed by atoms with E-state index >= 15 is 0 Å². The molecule has 0 radical (unpaired) electrons. The molecule has 152 valence electrons. The molecule has 8 heteroatoms. The first kappa shape index (κ1) is 27.1. The van der Waals surface area contributed by atoms with Crippen molar-refractivity contribution in [1.82, 2.24) is 4.91 Å². The summed E-state index contributed by atoms with van der Waals surface area (Å²) in [6.45, 7) is 36.0. The van der Waals surface area contributed by atoms with Gasteiger partial charge in [0.05, 0.1) is 0 Å². The van der Waals surface area contributed by atoms with Gasteiger partial charge in [0.15, 0.2) is 0 Å². The van der Waals surface area contributed by atoms with E-state index in [0.717, 1.165) is 5.92 Å². The Morgan fingerprint density at radius 3 is 1.04 bits per heavy atom. The van der Waals surface area contributed by atoms with E-state index in [1.54, 1.807) is 0 Å². The van der Waals surface area contributed by atoms with Crippen molar-refractivity contribution in [3.05, 3.63) is 0 Å². The van der Waals surface area contributed by atoms with Gasteiger partial charge in [-0.05, 0) is 0 Å². The monoisotopic (exact) mass is 590 g/mol. The Hall–Kier alpha value is 2.07. The maximum absolute atomic E-state index is 4.69. The molecule has 0 N–H and O–H groups in total. The van der Waals surface area contributed by atoms with Crippen molar-refractivity contribution >= 4 is 62.3 Å². The van der Waals surface area contributed by atoms with Crippen molar-refractivity contribution in [3.8, 4) is 0 Å². The first-order valence-corrected chi connectivity index (χ1v) is 34.7. The molecule has 0 spiro atoms. The van der Waals surface area contributed by atoms with Crippen LogP contribution in [0.5, 0.6) is 0 Å². The van der Waals surface area contributed by atoms with E-state index in [-0.39, 0.29) is 0 Å². The average molecular weight is 591 g/mol. The van der Waals surface area contributed by atoms with Gasteiger partial charge in [-0.25, -0.2) is 0 Å². The number of halogens is 1. The van der Waals surface area contributed by atoms with Crippen molar-refractivity contribution in [2.24, 2.45) is 5.92 Å². The first-order chi connectivity index (χ1) is 10.6. The maximum atomic E-state index is 4.69. The van der Waals surface area contributed by atoms with Gasteiger partial charge in [-0.15, -0.1) is 0 Å². The Balaban J connectivity index is 6.61. The van der Waals surface area contributed by atoms with Crippen LogP contribution >= 0.6 is 12.7 Å². The minimum atomic E-state index is -2.87. The second kappa shape index (κ2) is 8.83. The van der Waals surface area contributed by atoms with Crippen LogP contribution in [0, 0.1) is 5.92 Å². The summed E-state index contributed by atoms with van der Waals surface area (Å²) < 4.78 is 7.93. The molecule has 0 aromatic rings. The summed E-state index contributed by atoms with van der Waals surface area (Å²) in [5.74, 6) is 0.795. The van der Waals surface area contributed by atoms with Crippen LogP contribution in [0.4, 0.5) is 0 Å². The molecule has 0 heterocycles. The van der Waals surface area contributed by atoms with Crippen molar-refractivity contribution < 1.29 is 0 Å². The number of nitrogens with zero attached hydrogens (tertiary/aromatic N) is 2. The van der Waals surface area contributed by atoms with Crippen LogP contribution in [0.15, 0.2) is 0 Å². The van der Waals surface area contributed by atoms with Gasteiger partial charge in [-0.1, -0.05) is 0 Å². The standard InChI is InChI=1S/2C6H18NSi2.C5H11.BrH.Sn/c2*1-8(2,3)7-9(4,5)6;1-4-5(2)3;;/h2*1-6H3;5H,1,4H2,2-3H3;1H;/q2*-1;;;+3/p-1. The van der Waals surface area contributed by atoms with E-state index in [1.807, 2.05) is 0 Å². The molecule has 0 aliphatic rings. The van der Waals surface area contributed by atoms with Crippen molar-refractivity contribution in [3.63, 3.8) is 0 Å². The fourth-order valence-electron chi connectivity index (χ4n) is 4.86. The molecule has 0 aromatic carbocycles. The molecule has 0 bridgehead atoms. The molecule has 0 saturated carbocycles. The SMILES string of the molecule is CC(C)C[CH2][Sn]([Br])([N]([Si](C)(C)C)[Si](C)(C)C)[N]([Si](C)(C)C)[Si](C)(C)C. The predicted octanol–water partition coefficient (Wildman–Crippen LogP) is 7.31. The molecule has 2 nitrogen and oxygen atoms in total. The molecule has 0 fully saturated rings. The summed E-state index contributed by atoms with van der Waals surface area (Å²) in [6, 6.07) is 0. The fourth-order valence-corrected chi connectivity index (χ4v) is 118. The van der Waals surface area contributed by atoms with Gasteiger partial charge in [0.2, 0.25) is 0 Å². The van der Waals surface area contributed by atoms with Gasteiger partial charge < -0.3 is 0 Å². The summed E-state index contributed by atoms with van der Waals surface area (Å²) in [6.07, 6.45) is 1.37. The Bertz CT molecular complexity index is 374. The quantitative estimate of drug-likeness (QED) is 0.260. The first-order valence-electron chi connectivity index (χ1n) is 9.95. The summed E-state index contributed by atoms with van der Waals surface area (Å²) in [5.41, 5.74) is 0. The minimum absolute atomic E-state index is 0.795. The van der Waals surface area contributed by atoms with Crippen LogP contribution in [0.3, 0.4) is 0 Å². The van der Waals surface area contributed by atoms with Gasteiger partial charge in [0, 0.05) is 0 Å². The van der Waals surface area contributed by atoms with Gasteiger partial charge >= 0.3 is 176 Å². The zero-order chi connectivity index (χ0) is 20.6. The Morgan fingerprint density at radius 2 is 0.880 bits per heavy atom. The van der Waals surface area contributed by atoms with E-state index in [0.29, 0.717) is 0 Å². The van der Waals surface area contributed by atoms with Gasteiger partial charge in [0.1, 0.15) is 0 Å². The second-order valence-electron chi connectivity index (χ2n) is 12.0. The van der Waals surface area contributed by atoms with E-state index in [4.69, 9.17) is 12.7 Å². The molecule has 0 rings (SSSR count). The van der Waals surface area contributed by atoms with E-state index in [2.05, 4.69) is 97.3 Å². The van der Waals surface area contributed by atoms with Gasteiger partial charge in [0.25, 0.3) is 0 Å². The third-order valence-corrected chi connectivity index (χ3v) is 73.5. The molecule has 0 unspecified atom stereocenters. The summed E-state index contributed by atoms with van der Waals surface area (Å²) in [5, 5.41) is 0. The van der Waals surface area contributed by atoms with E-state index in [9.17, 15) is 0 Å². The molecule has 0 saturated heterocycles. The normalized spacial score (nSPS) is 15.6. The summed E-state index contributed by atoms with van der Waals surface area (Å²) in [4.78, 5) is 0. The van der Waals surface area contributed by atoms with Gasteiger partial charge in [-0.2, -0.15) is 0 Å². The Kier molecular flexibility index (Phi) is 9.56. The average Bonchev–Trinajstić information content (AvgIpc) is 2.16. The molecule has 0 aliphatic heterocycles. The molecule has 25 heavy (non-hydrogen) atoms. The zero-order valence-corrected chi connectivity index (χ0v) is 28.2. The Morgan fingerprint density at radius 1 is 0.640 bits per heavy atom. The molecular formula is C17H47BrN2Si4Sn. The van der Waals surface area contributed by atoms with Crippen LogP contribution in [0.1, 0.15) is 20.3 Å². The van der Waals surface area contributed by atoms with Crippen molar-refractivity contribution in [2.75, 3.05) is 0 Å². The molecular weight excluding hydrogens is 543 g/mol. The van der Waals surface area contributed by atoms with Crippen LogP contribution in [0.2, 0.25) is 83.0 Å². The Labute approximate surface area is 175 Å². The molecule has 0 atom stereocenters. The van der Waals surface area contributed by atoms with E-state index in [1.165, 1.54) is 10.9 Å². The molecule has 0 aromatic heterocycles. The van der Waals surface area contributed by atoms with Crippen molar-refractivity contribution in [2.45, 2.75) is 103 Å². The van der Waals surface area contributed by atoms with E-state index < -0.39 is 49.6 Å². The topological polar surface area (TPSA) is 6.48 Å². The summed E-state index contributed by atoms with van der Waals surface area (Å²) in [7, 11) is -5.62. The number of hydrogen-bond donors (Lipinski definition) is 0. The third kappa shape index (κ3) is 7.77. The second-order valence-corrected chi connectivity index (χ2v) is 53.8. The van der Waals surface area contributed by atoms with Crippen LogP contribution < -0.4 is 0 Å². The summed E-state index contributed by atoms with van der Waals surface area (Å²) >= 11 is 1.82. The zero-order valence-electron chi connectivity index (χ0n) is 19.8. The van der Waals surface area contributed by atoms with Crippen LogP contribution in [-0.2, 0) is 0 Å². The number of hydrogen-bond acceptors (Lipinski definition) is 2.